The minimum Gasteiger partial charge on any atom is -0.493 e. The van der Waals surface area contributed by atoms with E-state index in [4.69, 9.17) is 9.47 Å². The Morgan fingerprint density at radius 2 is 1.80 bits per heavy atom. The van der Waals surface area contributed by atoms with Crippen molar-refractivity contribution in [1.29, 1.82) is 0 Å². The standard InChI is InChI=1S/C10H10F2O3/c1-14-7-4-3-6(5-8(7)15-2)9(13)10(11)12/h3-5,10H,1-2H3. The first-order chi connectivity index (χ1) is 7.10. The Bertz CT molecular complexity index is 364. The minimum atomic E-state index is -3.01. The van der Waals surface area contributed by atoms with Crippen molar-refractivity contribution in [2.45, 2.75) is 6.43 Å². The van der Waals surface area contributed by atoms with Crippen molar-refractivity contribution in [3.8, 4) is 11.5 Å². The zero-order chi connectivity index (χ0) is 11.4. The number of methoxy groups -OCH3 is 2. The first-order valence-electron chi connectivity index (χ1n) is 4.14. The molecular weight excluding hydrogens is 206 g/mol. The molecule has 82 valence electrons. The summed E-state index contributed by atoms with van der Waals surface area (Å²) in [5, 5.41) is 0. The minimum absolute atomic E-state index is 0.0948. The maximum Gasteiger partial charge on any atom is 0.300 e. The second-order valence-corrected chi connectivity index (χ2v) is 2.73. The van der Waals surface area contributed by atoms with E-state index < -0.39 is 12.2 Å². The molecular formula is C10H10F2O3. The monoisotopic (exact) mass is 216 g/mol. The summed E-state index contributed by atoms with van der Waals surface area (Å²) in [4.78, 5) is 11.0. The molecule has 0 bridgehead atoms. The average Bonchev–Trinajstić information content (AvgIpc) is 2.26. The topological polar surface area (TPSA) is 35.5 Å². The number of halogens is 2. The third kappa shape index (κ3) is 2.43. The van der Waals surface area contributed by atoms with E-state index in [0.29, 0.717) is 5.75 Å². The molecule has 1 aromatic rings. The summed E-state index contributed by atoms with van der Waals surface area (Å²) in [5.41, 5.74) is -0.0948. The molecule has 0 unspecified atom stereocenters. The van der Waals surface area contributed by atoms with Crippen LogP contribution in [0.1, 0.15) is 10.4 Å². The molecule has 1 aromatic carbocycles. The lowest BCUT2D eigenvalue weighted by Crippen LogP contribution is -2.10. The van der Waals surface area contributed by atoms with Crippen molar-refractivity contribution < 1.29 is 23.0 Å². The molecule has 0 N–H and O–H groups in total. The molecule has 0 saturated carbocycles. The van der Waals surface area contributed by atoms with Crippen LogP contribution in [-0.4, -0.2) is 26.4 Å². The Morgan fingerprint density at radius 1 is 1.20 bits per heavy atom. The van der Waals surface area contributed by atoms with Crippen LogP contribution < -0.4 is 9.47 Å². The number of carbonyl (C=O) groups excluding carboxylic acids is 1. The number of rotatable bonds is 4. The molecule has 0 aliphatic carbocycles. The number of benzene rings is 1. The van der Waals surface area contributed by atoms with Gasteiger partial charge >= 0.3 is 6.43 Å². The van der Waals surface area contributed by atoms with Crippen LogP contribution in [0.5, 0.6) is 11.5 Å². The lowest BCUT2D eigenvalue weighted by atomic mass is 10.1. The molecule has 0 atom stereocenters. The number of hydrogen-bond donors (Lipinski definition) is 0. The van der Waals surface area contributed by atoms with Crippen molar-refractivity contribution in [3.63, 3.8) is 0 Å². The number of carbonyl (C=O) groups is 1. The second-order valence-electron chi connectivity index (χ2n) is 2.73. The quantitative estimate of drug-likeness (QED) is 0.723. The predicted molar refractivity (Wildman–Crippen MR) is 49.9 cm³/mol. The first kappa shape index (κ1) is 11.4. The molecule has 0 amide bonds. The smallest absolute Gasteiger partial charge is 0.300 e. The maximum atomic E-state index is 12.1. The molecule has 0 fully saturated rings. The van der Waals surface area contributed by atoms with Crippen molar-refractivity contribution in [1.82, 2.24) is 0 Å². The van der Waals surface area contributed by atoms with Gasteiger partial charge in [0.1, 0.15) is 0 Å². The van der Waals surface area contributed by atoms with E-state index >= 15 is 0 Å². The normalized spacial score (nSPS) is 10.2. The van der Waals surface area contributed by atoms with Gasteiger partial charge in [0.15, 0.2) is 11.5 Å². The Balaban J connectivity index is 3.08. The highest BCUT2D eigenvalue weighted by Crippen LogP contribution is 2.28. The predicted octanol–water partition coefficient (Wildman–Crippen LogP) is 2.15. The van der Waals surface area contributed by atoms with Gasteiger partial charge in [-0.05, 0) is 18.2 Å². The maximum absolute atomic E-state index is 12.1. The lowest BCUT2D eigenvalue weighted by molar-refractivity contribution is 0.0678. The van der Waals surface area contributed by atoms with Gasteiger partial charge < -0.3 is 9.47 Å². The molecule has 0 radical (unpaired) electrons. The van der Waals surface area contributed by atoms with E-state index in [0.717, 1.165) is 0 Å². The summed E-state index contributed by atoms with van der Waals surface area (Å²) in [6.45, 7) is 0. The summed E-state index contributed by atoms with van der Waals surface area (Å²) in [5.74, 6) is -0.580. The highest BCUT2D eigenvalue weighted by atomic mass is 19.3. The van der Waals surface area contributed by atoms with E-state index in [1.165, 1.54) is 32.4 Å². The van der Waals surface area contributed by atoms with Gasteiger partial charge in [0.2, 0.25) is 5.78 Å². The summed E-state index contributed by atoms with van der Waals surface area (Å²) < 4.78 is 34.0. The number of alkyl halides is 2. The Kier molecular flexibility index (Phi) is 3.60. The zero-order valence-corrected chi connectivity index (χ0v) is 8.29. The van der Waals surface area contributed by atoms with Crippen molar-refractivity contribution in [2.24, 2.45) is 0 Å². The Labute approximate surface area is 85.6 Å². The van der Waals surface area contributed by atoms with Crippen LogP contribution in [0.3, 0.4) is 0 Å². The van der Waals surface area contributed by atoms with Gasteiger partial charge in [-0.2, -0.15) is 0 Å². The van der Waals surface area contributed by atoms with Crippen LogP contribution in [0.25, 0.3) is 0 Å². The van der Waals surface area contributed by atoms with Gasteiger partial charge in [0.05, 0.1) is 14.2 Å². The first-order valence-corrected chi connectivity index (χ1v) is 4.14. The van der Waals surface area contributed by atoms with Crippen LogP contribution >= 0.6 is 0 Å². The number of Topliss-reactive ketones (excluding diaryl/α,β-unsaturated/α-hetero) is 1. The van der Waals surface area contributed by atoms with E-state index in [-0.39, 0.29) is 11.3 Å². The van der Waals surface area contributed by atoms with Gasteiger partial charge in [0, 0.05) is 5.56 Å². The van der Waals surface area contributed by atoms with Crippen molar-refractivity contribution in [2.75, 3.05) is 14.2 Å². The third-order valence-corrected chi connectivity index (χ3v) is 1.87. The molecule has 0 heterocycles. The average molecular weight is 216 g/mol. The van der Waals surface area contributed by atoms with E-state index in [9.17, 15) is 13.6 Å². The van der Waals surface area contributed by atoms with E-state index in [1.807, 2.05) is 0 Å². The summed E-state index contributed by atoms with van der Waals surface area (Å²) >= 11 is 0. The van der Waals surface area contributed by atoms with E-state index in [1.54, 1.807) is 0 Å². The SMILES string of the molecule is COc1ccc(C(=O)C(F)F)cc1OC. The van der Waals surface area contributed by atoms with Gasteiger partial charge in [-0.25, -0.2) is 8.78 Å². The van der Waals surface area contributed by atoms with Crippen LogP contribution in [0, 0.1) is 0 Å². The van der Waals surface area contributed by atoms with Crippen LogP contribution in [0.2, 0.25) is 0 Å². The van der Waals surface area contributed by atoms with Gasteiger partial charge in [-0.15, -0.1) is 0 Å². The van der Waals surface area contributed by atoms with Crippen molar-refractivity contribution in [3.05, 3.63) is 23.8 Å². The molecule has 3 nitrogen and oxygen atoms in total. The molecule has 0 saturated heterocycles. The zero-order valence-electron chi connectivity index (χ0n) is 8.29. The largest absolute Gasteiger partial charge is 0.493 e. The van der Waals surface area contributed by atoms with Crippen LogP contribution in [0.4, 0.5) is 8.78 Å². The highest BCUT2D eigenvalue weighted by molar-refractivity contribution is 5.99. The molecule has 0 aliphatic rings. The highest BCUT2D eigenvalue weighted by Gasteiger charge is 2.19. The van der Waals surface area contributed by atoms with Crippen molar-refractivity contribution >= 4 is 5.78 Å². The molecule has 5 heteroatoms. The summed E-state index contributed by atoms with van der Waals surface area (Å²) in [6.07, 6.45) is -3.01. The number of ketones is 1. The number of ether oxygens (including phenoxy) is 2. The Hall–Kier alpha value is -1.65. The molecule has 0 aliphatic heterocycles. The molecule has 0 spiro atoms. The number of hydrogen-bond acceptors (Lipinski definition) is 3. The third-order valence-electron chi connectivity index (χ3n) is 1.87. The molecule has 1 rings (SSSR count). The van der Waals surface area contributed by atoms with E-state index in [2.05, 4.69) is 0 Å². The molecule has 15 heavy (non-hydrogen) atoms. The van der Waals surface area contributed by atoms with Crippen LogP contribution in [-0.2, 0) is 0 Å². The fourth-order valence-corrected chi connectivity index (χ4v) is 1.12. The molecule has 0 aromatic heterocycles. The van der Waals surface area contributed by atoms with Crippen LogP contribution in [0.15, 0.2) is 18.2 Å². The van der Waals surface area contributed by atoms with Gasteiger partial charge in [-0.1, -0.05) is 0 Å². The second kappa shape index (κ2) is 4.72. The fraction of sp³-hybridized carbons (Fsp3) is 0.300. The fourth-order valence-electron chi connectivity index (χ4n) is 1.12. The van der Waals surface area contributed by atoms with Gasteiger partial charge in [0.25, 0.3) is 0 Å². The van der Waals surface area contributed by atoms with Gasteiger partial charge in [-0.3, -0.25) is 4.79 Å². The lowest BCUT2D eigenvalue weighted by Gasteiger charge is -2.08. The summed E-state index contributed by atoms with van der Waals surface area (Å²) in [6, 6.07) is 3.91. The summed E-state index contributed by atoms with van der Waals surface area (Å²) in [7, 11) is 2.79. The Morgan fingerprint density at radius 3 is 2.27 bits per heavy atom.